The molecule has 2 amide bonds. The maximum absolute atomic E-state index is 15.0. The van der Waals surface area contributed by atoms with E-state index in [1.165, 1.54) is 180 Å². The van der Waals surface area contributed by atoms with Gasteiger partial charge < -0.3 is 68.5 Å². The highest BCUT2D eigenvalue weighted by atomic mass is 31.2. The molecule has 13 atom stereocenters. The summed E-state index contributed by atoms with van der Waals surface area (Å²) in [6, 6.07) is -2.68. The number of fused-ring (bicyclic) bond motifs is 1. The Bertz CT molecular complexity index is 2530. The number of carbonyl (C=O) groups is 6. The van der Waals surface area contributed by atoms with E-state index in [2.05, 4.69) is 52.2 Å². The van der Waals surface area contributed by atoms with Crippen LogP contribution in [0.15, 0.2) is 0 Å². The van der Waals surface area contributed by atoms with Gasteiger partial charge in [-0.15, -0.1) is 0 Å². The van der Waals surface area contributed by atoms with Crippen LogP contribution in [0.3, 0.4) is 0 Å². The lowest BCUT2D eigenvalue weighted by Gasteiger charge is -2.45. The fourth-order valence-electron chi connectivity index (χ4n) is 17.0. The number of phosphoric ester groups is 1. The normalized spacial score (nSPS) is 20.5. The van der Waals surface area contributed by atoms with E-state index in [0.717, 1.165) is 173 Å². The number of epoxide rings is 1. The highest BCUT2D eigenvalue weighted by Crippen LogP contribution is 2.43. The summed E-state index contributed by atoms with van der Waals surface area (Å²) in [6.07, 6.45) is 52.6. The molecule has 0 aromatic rings. The molecule has 3 rings (SSSR count). The van der Waals surface area contributed by atoms with E-state index in [0.29, 0.717) is 51.4 Å². The van der Waals surface area contributed by atoms with Crippen molar-refractivity contribution >= 4 is 43.5 Å². The zero-order chi connectivity index (χ0) is 86.5. The maximum atomic E-state index is 15.0. The third kappa shape index (κ3) is 57.8. The largest absolute Gasteiger partial charge is 0.470 e. The van der Waals surface area contributed by atoms with Crippen LogP contribution in [0.4, 0.5) is 0 Å². The van der Waals surface area contributed by atoms with Gasteiger partial charge in [0, 0.05) is 19.3 Å². The third-order valence-corrected chi connectivity index (χ3v) is 24.8. The number of ether oxygens (including phenoxy) is 8. The molecule has 0 aromatic carbocycles. The molecule has 3 fully saturated rings. The van der Waals surface area contributed by atoms with Crippen molar-refractivity contribution in [3.05, 3.63) is 0 Å². The Morgan fingerprint density at radius 1 is 0.336 bits per heavy atom. The van der Waals surface area contributed by atoms with Crippen molar-refractivity contribution in [2.24, 2.45) is 0 Å². The second kappa shape index (κ2) is 73.8. The monoisotopic (exact) mass is 1710 g/mol. The molecular weight excluding hydrogens is 1530 g/mol. The maximum Gasteiger partial charge on any atom is 0.470 e. The van der Waals surface area contributed by atoms with Crippen molar-refractivity contribution in [1.82, 2.24) is 10.6 Å². The quantitative estimate of drug-likeness (QED) is 0.0108. The summed E-state index contributed by atoms with van der Waals surface area (Å²) in [7, 11) is -5.53. The number of rotatable bonds is 84. The zero-order valence-electron chi connectivity index (χ0n) is 76.5. The van der Waals surface area contributed by atoms with Gasteiger partial charge in [-0.3, -0.25) is 33.3 Å². The van der Waals surface area contributed by atoms with Crippen LogP contribution >= 0.6 is 7.82 Å². The summed E-state index contributed by atoms with van der Waals surface area (Å²) >= 11 is 0. The van der Waals surface area contributed by atoms with Crippen molar-refractivity contribution in [2.45, 2.75) is 564 Å². The molecule has 3 aliphatic rings. The summed E-state index contributed by atoms with van der Waals surface area (Å²) in [5, 5.41) is 28.7. The van der Waals surface area contributed by atoms with E-state index in [9.17, 15) is 48.5 Å². The predicted molar refractivity (Wildman–Crippen MR) is 474 cm³/mol. The molecule has 0 radical (unpaired) electrons. The molecule has 0 aromatic heterocycles. The molecule has 119 heavy (non-hydrogen) atoms. The molecular formula is C96H179N2O20P. The van der Waals surface area contributed by atoms with Gasteiger partial charge in [0.05, 0.1) is 32.5 Å². The minimum Gasteiger partial charge on any atom is -0.462 e. The van der Waals surface area contributed by atoms with Gasteiger partial charge in [0.2, 0.25) is 11.8 Å². The number of nitrogens with one attached hydrogen (secondary N) is 2. The molecule has 0 aliphatic carbocycles. The second-order valence-corrected chi connectivity index (χ2v) is 36.7. The Morgan fingerprint density at radius 3 is 0.924 bits per heavy atom. The predicted octanol–water partition coefficient (Wildman–Crippen LogP) is 23.3. The van der Waals surface area contributed by atoms with Crippen LogP contribution in [-0.4, -0.2) is 149 Å². The van der Waals surface area contributed by atoms with Crippen molar-refractivity contribution in [3.8, 4) is 0 Å². The number of aliphatic hydroxyl groups is 2. The van der Waals surface area contributed by atoms with Gasteiger partial charge in [-0.25, -0.2) is 4.57 Å². The van der Waals surface area contributed by atoms with E-state index in [-0.39, 0.29) is 38.1 Å². The lowest BCUT2D eigenvalue weighted by atomic mass is 9.95. The van der Waals surface area contributed by atoms with Crippen molar-refractivity contribution in [1.29, 1.82) is 0 Å². The van der Waals surface area contributed by atoms with Crippen LogP contribution in [0.25, 0.3) is 0 Å². The number of hydrogen-bond donors (Lipinski definition) is 6. The SMILES string of the molecule is CCCCCCCCCCCCCC(=O)O[C@H](CCCCCCCCCCC)CC(=O)NC1[C@H]2O[C@@H]2C(CO[C@@H]2OC(CO)[C@@H](OP(=O)(O)O)C(OC(=O)C[C@@H](CCCCCCCCCCC)OC(=O)CCCCCCCCCCCCC)[C@@H]2NC(=O)C[C@@H](CCCCCCCCCCC)OC(=O)CCCCCCCCCCCCC)O[C@@H]1O. The summed E-state index contributed by atoms with van der Waals surface area (Å²) in [6.45, 7) is 11.9. The standard InChI is InChI=1S/C96H179N2O20P/c1-7-13-19-25-31-37-40-46-52-58-64-70-85(102)111-78(67-61-55-49-43-34-28-22-16-10-4)73-83(100)97-89-93-91(117-93)82(114-95(89)106)77-110-96-90(98-84(101)74-79(68-62-56-50-44-35-29-23-17-11-5)112-86(103)71-65-59-53-47-41-38-32-26-20-14-8-2)94(92(81(76-99)115-96)118-119(107,108)109)116-88(105)75-80(69-63-57-51-45-36-30-24-18-12-6)113-87(104)72-66-60-54-48-42-39-33-27-21-15-9-3/h78-82,89-96,99,106H,7-77H2,1-6H3,(H,97,100)(H,98,101)(H2,107,108,109)/t78-,79-,80-,81?,82?,89?,90+,91-,92-,93-,94?,95+,96-/m1/s1. The first-order valence-electron chi connectivity index (χ1n) is 49.9. The molecule has 6 N–H and O–H groups in total. The van der Waals surface area contributed by atoms with Crippen molar-refractivity contribution in [2.75, 3.05) is 13.2 Å². The average Bonchev–Trinajstić information content (AvgIpc) is 1.74. The van der Waals surface area contributed by atoms with E-state index < -0.39 is 137 Å². The van der Waals surface area contributed by atoms with Crippen molar-refractivity contribution in [3.63, 3.8) is 0 Å². The van der Waals surface area contributed by atoms with Crippen LogP contribution < -0.4 is 10.6 Å². The summed E-state index contributed by atoms with van der Waals surface area (Å²) in [5.41, 5.74) is 0. The van der Waals surface area contributed by atoms with Crippen LogP contribution in [0, 0.1) is 0 Å². The molecule has 0 spiro atoms. The highest BCUT2D eigenvalue weighted by molar-refractivity contribution is 7.46. The highest BCUT2D eigenvalue weighted by Gasteiger charge is 2.59. The van der Waals surface area contributed by atoms with Crippen LogP contribution in [0.1, 0.15) is 485 Å². The molecule has 23 heteroatoms. The topological polar surface area (TPSA) is 311 Å². The molecule has 3 saturated heterocycles. The Hall–Kier alpha value is -3.31. The molecule has 0 bridgehead atoms. The number of phosphoric acid groups is 1. The van der Waals surface area contributed by atoms with Crippen LogP contribution in [0.5, 0.6) is 0 Å². The fraction of sp³-hybridized carbons (Fsp3) is 0.938. The number of unbranched alkanes of at least 4 members (excludes halogenated alkanes) is 54. The Morgan fingerprint density at radius 2 is 0.622 bits per heavy atom. The van der Waals surface area contributed by atoms with Gasteiger partial charge in [-0.2, -0.15) is 0 Å². The van der Waals surface area contributed by atoms with E-state index in [1.54, 1.807) is 0 Å². The Labute approximate surface area is 723 Å². The van der Waals surface area contributed by atoms with E-state index >= 15 is 4.79 Å². The van der Waals surface area contributed by atoms with Crippen LogP contribution in [-0.2, 0) is 75.8 Å². The minimum atomic E-state index is -5.53. The first kappa shape index (κ1) is 110. The first-order valence-corrected chi connectivity index (χ1v) is 51.4. The third-order valence-electron chi connectivity index (χ3n) is 24.3. The average molecular weight is 1710 g/mol. The van der Waals surface area contributed by atoms with Crippen LogP contribution in [0.2, 0.25) is 0 Å². The molecule has 4 unspecified atom stereocenters. The Balaban J connectivity index is 1.95. The smallest absolute Gasteiger partial charge is 0.462 e. The van der Waals surface area contributed by atoms with Gasteiger partial charge in [0.25, 0.3) is 0 Å². The van der Waals surface area contributed by atoms with E-state index in [1.807, 2.05) is 0 Å². The number of esters is 4. The van der Waals surface area contributed by atoms with Gasteiger partial charge in [0.1, 0.15) is 60.9 Å². The number of hydrogen-bond acceptors (Lipinski definition) is 18. The summed E-state index contributed by atoms with van der Waals surface area (Å²) in [5.74, 6) is -3.34. The van der Waals surface area contributed by atoms with Gasteiger partial charge in [-0.1, -0.05) is 388 Å². The minimum absolute atomic E-state index is 0.128. The number of amides is 2. The fourth-order valence-corrected chi connectivity index (χ4v) is 17.5. The Kier molecular flexibility index (Phi) is 68.2. The molecule has 22 nitrogen and oxygen atoms in total. The van der Waals surface area contributed by atoms with Crippen molar-refractivity contribution < 1.29 is 95.8 Å². The van der Waals surface area contributed by atoms with Gasteiger partial charge in [-0.05, 0) is 57.8 Å². The molecule has 698 valence electrons. The molecule has 3 heterocycles. The van der Waals surface area contributed by atoms with Gasteiger partial charge >= 0.3 is 31.7 Å². The lowest BCUT2D eigenvalue weighted by molar-refractivity contribution is -0.282. The van der Waals surface area contributed by atoms with Gasteiger partial charge in [0.15, 0.2) is 18.7 Å². The number of aliphatic hydroxyl groups excluding tert-OH is 2. The molecule has 3 aliphatic heterocycles. The zero-order valence-corrected chi connectivity index (χ0v) is 77.4. The van der Waals surface area contributed by atoms with E-state index in [4.69, 9.17) is 42.4 Å². The lowest BCUT2D eigenvalue weighted by Crippen LogP contribution is -2.66. The second-order valence-electron chi connectivity index (χ2n) is 35.5. The first-order chi connectivity index (χ1) is 57.9. The summed E-state index contributed by atoms with van der Waals surface area (Å²) in [4.78, 5) is 106. The molecule has 0 saturated carbocycles. The number of carbonyl (C=O) groups excluding carboxylic acids is 6. The summed E-state index contributed by atoms with van der Waals surface area (Å²) < 4.78 is 68.4.